The molecule has 2 aliphatic rings. The summed E-state index contributed by atoms with van der Waals surface area (Å²) in [6.45, 7) is 9.72. The van der Waals surface area contributed by atoms with Crippen molar-refractivity contribution in [2.24, 2.45) is 4.99 Å². The van der Waals surface area contributed by atoms with Crippen molar-refractivity contribution in [3.8, 4) is 5.75 Å². The Bertz CT molecular complexity index is 1470. The van der Waals surface area contributed by atoms with Crippen LogP contribution in [-0.4, -0.2) is 57.4 Å². The minimum Gasteiger partial charge on any atom is -0.497 e. The van der Waals surface area contributed by atoms with E-state index in [1.165, 1.54) is 6.92 Å². The van der Waals surface area contributed by atoms with E-state index in [2.05, 4.69) is 45.0 Å². The smallest absolute Gasteiger partial charge is 0.303 e. The maximum Gasteiger partial charge on any atom is 0.303 e. The average Bonchev–Trinajstić information content (AvgIpc) is 3.46. The van der Waals surface area contributed by atoms with Gasteiger partial charge in [-0.15, -0.1) is 0 Å². The van der Waals surface area contributed by atoms with E-state index in [1.54, 1.807) is 32.2 Å². The molecule has 0 fully saturated rings. The highest BCUT2D eigenvalue weighted by atomic mass is 28.4. The number of hydrogen-bond donors (Lipinski definition) is 0. The van der Waals surface area contributed by atoms with Crippen LogP contribution >= 0.6 is 0 Å². The predicted molar refractivity (Wildman–Crippen MR) is 165 cm³/mol. The lowest BCUT2D eigenvalue weighted by atomic mass is 9.87. The van der Waals surface area contributed by atoms with Crippen molar-refractivity contribution in [1.29, 1.82) is 0 Å². The molecule has 3 aromatic carbocycles. The maximum atomic E-state index is 14.3. The summed E-state index contributed by atoms with van der Waals surface area (Å²) in [5, 5.41) is 1.95. The number of carbonyl (C=O) groups is 2. The minimum absolute atomic E-state index is 0.0474. The number of hydrogen-bond acceptors (Lipinski definition) is 7. The first-order chi connectivity index (χ1) is 20.0. The molecule has 1 spiro atoms. The molecule has 0 N–H and O–H groups in total. The van der Waals surface area contributed by atoms with Crippen LogP contribution in [0.2, 0.25) is 5.04 Å². The Morgan fingerprint density at radius 2 is 1.52 bits per heavy atom. The van der Waals surface area contributed by atoms with E-state index in [-0.39, 0.29) is 17.4 Å². The van der Waals surface area contributed by atoms with Gasteiger partial charge in [-0.2, -0.15) is 0 Å². The molecule has 1 aliphatic heterocycles. The van der Waals surface area contributed by atoms with Crippen LogP contribution in [0.25, 0.3) is 0 Å². The molecule has 7 nitrogen and oxygen atoms in total. The van der Waals surface area contributed by atoms with Gasteiger partial charge in [0.2, 0.25) is 11.4 Å². The molecule has 5 rings (SSSR count). The number of aliphatic imine (C=N–C) groups is 1. The van der Waals surface area contributed by atoms with Crippen molar-refractivity contribution in [2.75, 3.05) is 13.7 Å². The van der Waals surface area contributed by atoms with Crippen molar-refractivity contribution in [2.45, 2.75) is 57.4 Å². The Labute approximate surface area is 248 Å². The number of methoxy groups -OCH3 is 1. The van der Waals surface area contributed by atoms with E-state index in [0.717, 1.165) is 10.4 Å². The SMILES string of the molecule is COc1ccc(C2=N[C@@]3(C(=O)C(CO[Si](c4ccccc4)(c4ccccc4)C(C)(C)C)=C[C@H]3OC(C)=O)[C@H](C)O2)cc1. The lowest BCUT2D eigenvalue weighted by Gasteiger charge is -2.43. The van der Waals surface area contributed by atoms with Crippen LogP contribution in [0.5, 0.6) is 5.75 Å². The Hall–Kier alpha value is -4.01. The van der Waals surface area contributed by atoms with Gasteiger partial charge in [0, 0.05) is 18.1 Å². The summed E-state index contributed by atoms with van der Waals surface area (Å²) in [5.74, 6) is 0.248. The fraction of sp³-hybridized carbons (Fsp3) is 0.324. The summed E-state index contributed by atoms with van der Waals surface area (Å²) in [6, 6.07) is 27.8. The fourth-order valence-electron chi connectivity index (χ4n) is 6.07. The van der Waals surface area contributed by atoms with Crippen LogP contribution in [0.3, 0.4) is 0 Å². The summed E-state index contributed by atoms with van der Waals surface area (Å²) in [5.41, 5.74) is -0.319. The molecule has 0 saturated carbocycles. The number of ether oxygens (including phenoxy) is 3. The molecule has 218 valence electrons. The molecule has 0 amide bonds. The van der Waals surface area contributed by atoms with E-state index in [1.807, 2.05) is 48.5 Å². The zero-order valence-corrected chi connectivity index (χ0v) is 25.9. The number of rotatable bonds is 8. The number of esters is 1. The summed E-state index contributed by atoms with van der Waals surface area (Å²) < 4.78 is 24.2. The van der Waals surface area contributed by atoms with Crippen LogP contribution < -0.4 is 15.1 Å². The highest BCUT2D eigenvalue weighted by Gasteiger charge is 2.61. The fourth-order valence-corrected chi connectivity index (χ4v) is 10.6. The van der Waals surface area contributed by atoms with Crippen molar-refractivity contribution in [1.82, 2.24) is 0 Å². The molecule has 3 atom stereocenters. The van der Waals surface area contributed by atoms with Crippen molar-refractivity contribution in [3.05, 3.63) is 102 Å². The van der Waals surface area contributed by atoms with Crippen molar-refractivity contribution < 1.29 is 28.2 Å². The van der Waals surface area contributed by atoms with Gasteiger partial charge in [0.1, 0.15) is 11.9 Å². The van der Waals surface area contributed by atoms with Gasteiger partial charge in [-0.3, -0.25) is 9.59 Å². The number of nitrogens with zero attached hydrogens (tertiary/aromatic N) is 1. The van der Waals surface area contributed by atoms with E-state index in [9.17, 15) is 9.59 Å². The highest BCUT2D eigenvalue weighted by Crippen LogP contribution is 2.43. The van der Waals surface area contributed by atoms with E-state index >= 15 is 0 Å². The molecular formula is C34H37NO6Si. The first-order valence-electron chi connectivity index (χ1n) is 14.1. The first kappa shape index (κ1) is 29.5. The highest BCUT2D eigenvalue weighted by molar-refractivity contribution is 6.99. The van der Waals surface area contributed by atoms with Crippen LogP contribution in [0, 0.1) is 0 Å². The number of benzene rings is 3. The van der Waals surface area contributed by atoms with Gasteiger partial charge in [-0.1, -0.05) is 81.4 Å². The van der Waals surface area contributed by atoms with Gasteiger partial charge in [0.15, 0.2) is 11.9 Å². The Morgan fingerprint density at radius 1 is 0.952 bits per heavy atom. The molecule has 1 heterocycles. The Kier molecular flexibility index (Phi) is 7.96. The molecule has 0 radical (unpaired) electrons. The monoisotopic (exact) mass is 583 g/mol. The topological polar surface area (TPSA) is 83.4 Å². The first-order valence-corrected chi connectivity index (χ1v) is 16.0. The quantitative estimate of drug-likeness (QED) is 0.284. The Morgan fingerprint density at radius 3 is 2.02 bits per heavy atom. The second kappa shape index (κ2) is 11.3. The Balaban J connectivity index is 1.54. The molecule has 8 heteroatoms. The lowest BCUT2D eigenvalue weighted by molar-refractivity contribution is -0.149. The standard InChI is InChI=1S/C34H37NO6Si/c1-23-34(35-32(40-23)25-17-19-27(38-6)20-18-25)30(41-24(2)36)21-26(31(34)37)22-39-42(33(3,4)5,28-13-9-7-10-14-28)29-15-11-8-12-16-29/h7-21,23,30H,22H2,1-6H3/t23-,30+,34-/m0/s1. The minimum atomic E-state index is -2.92. The molecule has 0 saturated heterocycles. The van der Waals surface area contributed by atoms with Crippen LogP contribution in [0.15, 0.2) is 102 Å². The van der Waals surface area contributed by atoms with Gasteiger partial charge in [-0.05, 0) is 52.7 Å². The second-order valence-corrected chi connectivity index (χ2v) is 16.0. The van der Waals surface area contributed by atoms with Gasteiger partial charge >= 0.3 is 5.97 Å². The molecule has 0 unspecified atom stereocenters. The normalized spacial score (nSPS) is 22.0. The predicted octanol–water partition coefficient (Wildman–Crippen LogP) is 4.62. The summed E-state index contributed by atoms with van der Waals surface area (Å²) in [4.78, 5) is 31.4. The van der Waals surface area contributed by atoms with E-state index in [4.69, 9.17) is 23.6 Å². The second-order valence-electron chi connectivity index (χ2n) is 11.7. The van der Waals surface area contributed by atoms with E-state index in [0.29, 0.717) is 22.8 Å². The van der Waals surface area contributed by atoms with Gasteiger partial charge in [-0.25, -0.2) is 4.99 Å². The third-order valence-electron chi connectivity index (χ3n) is 8.13. The maximum absolute atomic E-state index is 14.3. The van der Waals surface area contributed by atoms with Gasteiger partial charge in [0.05, 0.1) is 13.7 Å². The summed E-state index contributed by atoms with van der Waals surface area (Å²) >= 11 is 0. The molecule has 0 aromatic heterocycles. The van der Waals surface area contributed by atoms with Gasteiger partial charge < -0.3 is 18.6 Å². The molecule has 1 aliphatic carbocycles. The summed E-state index contributed by atoms with van der Waals surface area (Å²) in [7, 11) is -1.33. The average molecular weight is 584 g/mol. The molecular weight excluding hydrogens is 546 g/mol. The number of ketones is 1. The molecule has 3 aromatic rings. The zero-order chi connectivity index (χ0) is 30.1. The van der Waals surface area contributed by atoms with Crippen LogP contribution in [0.1, 0.15) is 40.2 Å². The summed E-state index contributed by atoms with van der Waals surface area (Å²) in [6.07, 6.45) is 0.0982. The van der Waals surface area contributed by atoms with Crippen LogP contribution in [0.4, 0.5) is 0 Å². The molecule has 42 heavy (non-hydrogen) atoms. The zero-order valence-electron chi connectivity index (χ0n) is 24.9. The van der Waals surface area contributed by atoms with Gasteiger partial charge in [0.25, 0.3) is 8.32 Å². The van der Waals surface area contributed by atoms with Crippen molar-refractivity contribution in [3.63, 3.8) is 0 Å². The lowest BCUT2D eigenvalue weighted by Crippen LogP contribution is -2.66. The van der Waals surface area contributed by atoms with Crippen molar-refractivity contribution >= 4 is 36.3 Å². The third kappa shape index (κ3) is 4.99. The third-order valence-corrected chi connectivity index (χ3v) is 13.1. The number of Topliss-reactive ketones (excluding diaryl/α,β-unsaturated/α-hetero) is 1. The largest absolute Gasteiger partial charge is 0.497 e. The van der Waals surface area contributed by atoms with E-state index < -0.39 is 32.0 Å². The molecule has 0 bridgehead atoms. The number of carbonyl (C=O) groups excluding carboxylic acids is 2. The van der Waals surface area contributed by atoms with Crippen LogP contribution in [-0.2, 0) is 23.5 Å².